The summed E-state index contributed by atoms with van der Waals surface area (Å²) in [5.41, 5.74) is 2.84. The molecular formula is C16H26O. The molecule has 0 bridgehead atoms. The molecule has 1 aromatic rings. The van der Waals surface area contributed by atoms with E-state index < -0.39 is 0 Å². The first kappa shape index (κ1) is 12.9. The molecule has 2 rings (SSSR count). The summed E-state index contributed by atoms with van der Waals surface area (Å²) in [4.78, 5) is 11.5. The van der Waals surface area contributed by atoms with Crippen LogP contribution >= 0.6 is 0 Å². The van der Waals surface area contributed by atoms with Crippen LogP contribution in [0.4, 0.5) is 0 Å². The molecule has 0 fully saturated rings. The highest BCUT2D eigenvalue weighted by atomic mass is 16.1. The SMILES string of the molecule is O=c1c2c1CCCCCCCCCCCCC2. The predicted octanol–water partition coefficient (Wildman–Crippen LogP) is 4.31. The summed E-state index contributed by atoms with van der Waals surface area (Å²) in [5.74, 6) is 0. The van der Waals surface area contributed by atoms with Crippen LogP contribution in [0.1, 0.15) is 81.8 Å². The summed E-state index contributed by atoms with van der Waals surface area (Å²) in [7, 11) is 0. The van der Waals surface area contributed by atoms with Gasteiger partial charge in [0.15, 0.2) is 5.43 Å². The maximum absolute atomic E-state index is 11.5. The highest BCUT2D eigenvalue weighted by molar-refractivity contribution is 5.39. The minimum absolute atomic E-state index is 0.428. The second-order valence-electron chi connectivity index (χ2n) is 5.68. The number of rotatable bonds is 0. The van der Waals surface area contributed by atoms with Crippen molar-refractivity contribution in [3.8, 4) is 0 Å². The fourth-order valence-corrected chi connectivity index (χ4v) is 2.97. The van der Waals surface area contributed by atoms with Crippen LogP contribution in [0.5, 0.6) is 0 Å². The minimum atomic E-state index is 0.428. The van der Waals surface area contributed by atoms with Crippen molar-refractivity contribution in [2.24, 2.45) is 0 Å². The highest BCUT2D eigenvalue weighted by Crippen LogP contribution is 2.19. The second kappa shape index (κ2) is 6.98. The van der Waals surface area contributed by atoms with Crippen LogP contribution in [0.3, 0.4) is 0 Å². The van der Waals surface area contributed by atoms with Gasteiger partial charge >= 0.3 is 0 Å². The van der Waals surface area contributed by atoms with Crippen LogP contribution in [-0.4, -0.2) is 0 Å². The molecule has 0 atom stereocenters. The van der Waals surface area contributed by atoms with Gasteiger partial charge in [-0.2, -0.15) is 0 Å². The van der Waals surface area contributed by atoms with Crippen molar-refractivity contribution >= 4 is 0 Å². The summed E-state index contributed by atoms with van der Waals surface area (Å²) >= 11 is 0. The normalized spacial score (nSPS) is 21.6. The molecule has 1 heteroatoms. The fraction of sp³-hybridized carbons (Fsp3) is 0.812. The van der Waals surface area contributed by atoms with Gasteiger partial charge < -0.3 is 0 Å². The Labute approximate surface area is 105 Å². The molecule has 1 nitrogen and oxygen atoms in total. The first-order chi connectivity index (χ1) is 8.39. The fourth-order valence-electron chi connectivity index (χ4n) is 2.97. The molecule has 0 saturated carbocycles. The van der Waals surface area contributed by atoms with E-state index in [1.54, 1.807) is 0 Å². The van der Waals surface area contributed by atoms with Crippen LogP contribution in [0, 0.1) is 0 Å². The van der Waals surface area contributed by atoms with Gasteiger partial charge in [-0.05, 0) is 25.7 Å². The van der Waals surface area contributed by atoms with Gasteiger partial charge in [0, 0.05) is 11.1 Å². The van der Waals surface area contributed by atoms with Crippen molar-refractivity contribution in [1.82, 2.24) is 0 Å². The third-order valence-electron chi connectivity index (χ3n) is 4.20. The molecule has 0 amide bonds. The topological polar surface area (TPSA) is 17.1 Å². The Kier molecular flexibility index (Phi) is 5.28. The lowest BCUT2D eigenvalue weighted by Gasteiger charge is -2.01. The zero-order valence-electron chi connectivity index (χ0n) is 11.1. The number of fused-ring (bicyclic) bond motifs is 1. The number of hydrogen-bond acceptors (Lipinski definition) is 1. The molecule has 17 heavy (non-hydrogen) atoms. The molecule has 0 N–H and O–H groups in total. The molecule has 0 saturated heterocycles. The highest BCUT2D eigenvalue weighted by Gasteiger charge is 2.20. The van der Waals surface area contributed by atoms with Crippen LogP contribution in [0.25, 0.3) is 0 Å². The smallest absolute Gasteiger partial charge is 0.185 e. The third-order valence-corrected chi connectivity index (χ3v) is 4.20. The van der Waals surface area contributed by atoms with E-state index in [2.05, 4.69) is 0 Å². The van der Waals surface area contributed by atoms with Gasteiger partial charge in [0.05, 0.1) is 0 Å². The van der Waals surface area contributed by atoms with Crippen LogP contribution in [0.15, 0.2) is 4.79 Å². The molecule has 0 spiro atoms. The summed E-state index contributed by atoms with van der Waals surface area (Å²) in [6.07, 6.45) is 17.1. The molecule has 1 aromatic carbocycles. The molecule has 1 aliphatic carbocycles. The molecule has 0 aromatic heterocycles. The van der Waals surface area contributed by atoms with Gasteiger partial charge in [0.1, 0.15) is 0 Å². The molecule has 0 aliphatic heterocycles. The molecule has 1 aliphatic rings. The van der Waals surface area contributed by atoms with Gasteiger partial charge in [0.25, 0.3) is 0 Å². The van der Waals surface area contributed by atoms with Crippen LogP contribution in [0.2, 0.25) is 0 Å². The zero-order valence-corrected chi connectivity index (χ0v) is 11.1. The van der Waals surface area contributed by atoms with Crippen molar-refractivity contribution in [1.29, 1.82) is 0 Å². The quantitative estimate of drug-likeness (QED) is 0.653. The van der Waals surface area contributed by atoms with Crippen LogP contribution < -0.4 is 5.43 Å². The zero-order chi connectivity index (χ0) is 11.9. The summed E-state index contributed by atoms with van der Waals surface area (Å²) < 4.78 is 0. The maximum Gasteiger partial charge on any atom is 0.185 e. The standard InChI is InChI=1S/C16H26O/c17-16-14-12-10-8-6-4-2-1-3-5-7-9-11-13-15(14)16/h1-13H2. The Morgan fingerprint density at radius 1 is 0.471 bits per heavy atom. The molecule has 0 radical (unpaired) electrons. The first-order valence-electron chi connectivity index (χ1n) is 7.66. The van der Waals surface area contributed by atoms with Gasteiger partial charge in [-0.15, -0.1) is 0 Å². The van der Waals surface area contributed by atoms with Crippen molar-refractivity contribution < 1.29 is 0 Å². The van der Waals surface area contributed by atoms with Crippen molar-refractivity contribution in [2.45, 2.75) is 83.5 Å². The predicted molar refractivity (Wildman–Crippen MR) is 73.3 cm³/mol. The Morgan fingerprint density at radius 2 is 0.765 bits per heavy atom. The molecule has 0 unspecified atom stereocenters. The Bertz CT molecular complexity index is 301. The Hall–Kier alpha value is -0.590. The Morgan fingerprint density at radius 3 is 1.12 bits per heavy atom. The average Bonchev–Trinajstić information content (AvgIpc) is 2.94. The first-order valence-corrected chi connectivity index (χ1v) is 7.66. The van der Waals surface area contributed by atoms with Gasteiger partial charge in [-0.25, -0.2) is 0 Å². The average molecular weight is 234 g/mol. The second-order valence-corrected chi connectivity index (χ2v) is 5.68. The van der Waals surface area contributed by atoms with E-state index in [1.165, 1.54) is 81.8 Å². The molecule has 0 heterocycles. The van der Waals surface area contributed by atoms with E-state index in [9.17, 15) is 4.79 Å². The van der Waals surface area contributed by atoms with E-state index in [0.29, 0.717) is 5.43 Å². The minimum Gasteiger partial charge on any atom is -0.289 e. The van der Waals surface area contributed by atoms with Gasteiger partial charge in [-0.3, -0.25) is 4.79 Å². The summed E-state index contributed by atoms with van der Waals surface area (Å²) in [6.45, 7) is 0. The Balaban J connectivity index is 1.74. The third kappa shape index (κ3) is 4.29. The molecular weight excluding hydrogens is 208 g/mol. The van der Waals surface area contributed by atoms with E-state index in [1.807, 2.05) is 0 Å². The van der Waals surface area contributed by atoms with Crippen molar-refractivity contribution in [3.63, 3.8) is 0 Å². The van der Waals surface area contributed by atoms with Gasteiger partial charge in [0.2, 0.25) is 0 Å². The lowest BCUT2D eigenvalue weighted by Crippen LogP contribution is -1.87. The van der Waals surface area contributed by atoms with E-state index in [0.717, 1.165) is 12.8 Å². The molecule has 96 valence electrons. The maximum atomic E-state index is 11.5. The largest absolute Gasteiger partial charge is 0.289 e. The lowest BCUT2D eigenvalue weighted by atomic mass is 10.1. The van der Waals surface area contributed by atoms with E-state index in [-0.39, 0.29) is 0 Å². The monoisotopic (exact) mass is 234 g/mol. The van der Waals surface area contributed by atoms with E-state index in [4.69, 9.17) is 0 Å². The number of hydrogen-bond donors (Lipinski definition) is 0. The lowest BCUT2D eigenvalue weighted by molar-refractivity contribution is 0.548. The van der Waals surface area contributed by atoms with Gasteiger partial charge in [-0.1, -0.05) is 57.8 Å². The summed E-state index contributed by atoms with van der Waals surface area (Å²) in [5, 5.41) is 0. The summed E-state index contributed by atoms with van der Waals surface area (Å²) in [6, 6.07) is 0. The van der Waals surface area contributed by atoms with Crippen molar-refractivity contribution in [3.05, 3.63) is 21.4 Å². The van der Waals surface area contributed by atoms with Crippen molar-refractivity contribution in [2.75, 3.05) is 0 Å². The van der Waals surface area contributed by atoms with E-state index >= 15 is 0 Å². The van der Waals surface area contributed by atoms with Crippen LogP contribution in [-0.2, 0) is 12.8 Å².